The van der Waals surface area contributed by atoms with Crippen LogP contribution in [0.3, 0.4) is 0 Å². The predicted octanol–water partition coefficient (Wildman–Crippen LogP) is 2.46. The highest BCUT2D eigenvalue weighted by Crippen LogP contribution is 2.35. The van der Waals surface area contributed by atoms with Crippen LogP contribution < -0.4 is 10.1 Å². The first-order valence-electron chi connectivity index (χ1n) is 8.06. The summed E-state index contributed by atoms with van der Waals surface area (Å²) in [5.74, 6) is 1.30. The lowest BCUT2D eigenvalue weighted by molar-refractivity contribution is -0.123. The molecule has 0 radical (unpaired) electrons. The van der Waals surface area contributed by atoms with E-state index >= 15 is 0 Å². The van der Waals surface area contributed by atoms with Crippen molar-refractivity contribution >= 4 is 16.7 Å². The van der Waals surface area contributed by atoms with Gasteiger partial charge in [-0.3, -0.25) is 4.79 Å². The molecule has 1 amide bonds. The van der Waals surface area contributed by atoms with Crippen LogP contribution in [-0.2, 0) is 11.3 Å². The van der Waals surface area contributed by atoms with Crippen molar-refractivity contribution in [2.24, 2.45) is 0 Å². The van der Waals surface area contributed by atoms with Crippen molar-refractivity contribution in [2.75, 3.05) is 6.61 Å². The third-order valence-electron chi connectivity index (χ3n) is 4.12. The van der Waals surface area contributed by atoms with Crippen LogP contribution in [0.25, 0.3) is 10.8 Å². The molecular weight excluding hydrogens is 304 g/mol. The minimum atomic E-state index is -0.173. The van der Waals surface area contributed by atoms with Gasteiger partial charge in [-0.25, -0.2) is 0 Å². The molecule has 4 rings (SSSR count). The van der Waals surface area contributed by atoms with Crippen LogP contribution in [0.2, 0.25) is 0 Å². The molecule has 6 heteroatoms. The summed E-state index contributed by atoms with van der Waals surface area (Å²) in [5.41, 5.74) is 0. The summed E-state index contributed by atoms with van der Waals surface area (Å²) < 4.78 is 7.61. The molecule has 0 bridgehead atoms. The van der Waals surface area contributed by atoms with Gasteiger partial charge in [0.05, 0.1) is 6.54 Å². The van der Waals surface area contributed by atoms with Gasteiger partial charge in [-0.05, 0) is 35.7 Å². The lowest BCUT2D eigenvalue weighted by Gasteiger charge is -2.09. The number of carbonyl (C=O) groups excluding carboxylic acids is 1. The van der Waals surface area contributed by atoms with E-state index in [-0.39, 0.29) is 12.5 Å². The fourth-order valence-corrected chi connectivity index (χ4v) is 2.69. The number of fused-ring (bicyclic) bond motifs is 1. The molecule has 0 atom stereocenters. The van der Waals surface area contributed by atoms with Crippen LogP contribution in [0.15, 0.2) is 48.8 Å². The molecule has 1 N–H and O–H groups in total. The van der Waals surface area contributed by atoms with E-state index in [0.29, 0.717) is 18.3 Å². The van der Waals surface area contributed by atoms with E-state index in [1.165, 1.54) is 0 Å². The van der Waals surface area contributed by atoms with Gasteiger partial charge in [0.1, 0.15) is 12.1 Å². The smallest absolute Gasteiger partial charge is 0.258 e. The Labute approximate surface area is 139 Å². The molecular formula is C18H18N4O2. The van der Waals surface area contributed by atoms with Crippen LogP contribution in [0.5, 0.6) is 5.75 Å². The highest BCUT2D eigenvalue weighted by molar-refractivity contribution is 5.84. The van der Waals surface area contributed by atoms with E-state index in [9.17, 15) is 4.79 Å². The molecule has 1 aliphatic carbocycles. The second-order valence-electron chi connectivity index (χ2n) is 5.96. The van der Waals surface area contributed by atoms with Crippen molar-refractivity contribution < 1.29 is 9.53 Å². The molecule has 0 spiro atoms. The maximum atomic E-state index is 12.0. The van der Waals surface area contributed by atoms with Gasteiger partial charge >= 0.3 is 0 Å². The molecule has 0 unspecified atom stereocenters. The van der Waals surface area contributed by atoms with Crippen LogP contribution >= 0.6 is 0 Å². The van der Waals surface area contributed by atoms with E-state index in [4.69, 9.17) is 4.74 Å². The molecule has 6 nitrogen and oxygen atoms in total. The monoisotopic (exact) mass is 322 g/mol. The van der Waals surface area contributed by atoms with Gasteiger partial charge in [0, 0.05) is 6.04 Å². The zero-order valence-corrected chi connectivity index (χ0v) is 13.2. The lowest BCUT2D eigenvalue weighted by Crippen LogP contribution is -2.29. The first-order valence-corrected chi connectivity index (χ1v) is 8.06. The number of hydrogen-bond donors (Lipinski definition) is 1. The summed E-state index contributed by atoms with van der Waals surface area (Å²) in [6.45, 7) is 0.353. The molecule has 24 heavy (non-hydrogen) atoms. The molecule has 1 aromatic heterocycles. The molecule has 1 saturated carbocycles. The highest BCUT2D eigenvalue weighted by atomic mass is 16.5. The zero-order chi connectivity index (χ0) is 16.4. The molecule has 0 aliphatic heterocycles. The number of nitrogens with zero attached hydrogens (tertiary/aromatic N) is 3. The standard InChI is InChI=1S/C18H18N4O2/c23-18(19-10-17-21-20-12-22(17)15-6-7-15)11-24-16-8-5-13-3-1-2-4-14(13)9-16/h1-5,8-9,12,15H,6-7,10-11H2,(H,19,23). The Kier molecular flexibility index (Phi) is 3.86. The summed E-state index contributed by atoms with van der Waals surface area (Å²) in [6, 6.07) is 14.3. The van der Waals surface area contributed by atoms with E-state index < -0.39 is 0 Å². The third-order valence-corrected chi connectivity index (χ3v) is 4.12. The molecule has 1 aliphatic rings. The maximum absolute atomic E-state index is 12.0. The Morgan fingerprint density at radius 1 is 1.21 bits per heavy atom. The fraction of sp³-hybridized carbons (Fsp3) is 0.278. The van der Waals surface area contributed by atoms with Crippen LogP contribution in [0.1, 0.15) is 24.7 Å². The van der Waals surface area contributed by atoms with E-state index in [2.05, 4.69) is 15.5 Å². The van der Waals surface area contributed by atoms with Crippen molar-refractivity contribution in [2.45, 2.75) is 25.4 Å². The second-order valence-corrected chi connectivity index (χ2v) is 5.96. The molecule has 0 saturated heterocycles. The highest BCUT2D eigenvalue weighted by Gasteiger charge is 2.25. The topological polar surface area (TPSA) is 69.0 Å². The predicted molar refractivity (Wildman–Crippen MR) is 89.6 cm³/mol. The third kappa shape index (κ3) is 3.22. The van der Waals surface area contributed by atoms with Crippen LogP contribution in [-0.4, -0.2) is 27.3 Å². The number of benzene rings is 2. The minimum Gasteiger partial charge on any atom is -0.484 e. The largest absolute Gasteiger partial charge is 0.484 e. The zero-order valence-electron chi connectivity index (χ0n) is 13.2. The number of hydrogen-bond acceptors (Lipinski definition) is 4. The van der Waals surface area contributed by atoms with E-state index in [1.807, 2.05) is 47.0 Å². The van der Waals surface area contributed by atoms with Gasteiger partial charge in [-0.1, -0.05) is 30.3 Å². The van der Waals surface area contributed by atoms with Gasteiger partial charge in [0.2, 0.25) is 0 Å². The first-order chi connectivity index (χ1) is 11.8. The molecule has 122 valence electrons. The summed E-state index contributed by atoms with van der Waals surface area (Å²) in [4.78, 5) is 12.0. The Hall–Kier alpha value is -2.89. The normalized spacial score (nSPS) is 13.8. The van der Waals surface area contributed by atoms with Gasteiger partial charge in [-0.2, -0.15) is 0 Å². The van der Waals surface area contributed by atoms with Crippen molar-refractivity contribution in [1.82, 2.24) is 20.1 Å². The van der Waals surface area contributed by atoms with Crippen molar-refractivity contribution in [3.63, 3.8) is 0 Å². The lowest BCUT2D eigenvalue weighted by atomic mass is 10.1. The summed E-state index contributed by atoms with van der Waals surface area (Å²) >= 11 is 0. The second kappa shape index (κ2) is 6.31. The Morgan fingerprint density at radius 3 is 2.88 bits per heavy atom. The minimum absolute atomic E-state index is 0.0180. The quantitative estimate of drug-likeness (QED) is 0.757. The molecule has 2 aromatic carbocycles. The molecule has 3 aromatic rings. The van der Waals surface area contributed by atoms with Gasteiger partial charge in [-0.15, -0.1) is 10.2 Å². The SMILES string of the molecule is O=C(COc1ccc2ccccc2c1)NCc1nncn1C1CC1. The Bertz CT molecular complexity index is 870. The average molecular weight is 322 g/mol. The van der Waals surface area contributed by atoms with E-state index in [0.717, 1.165) is 29.4 Å². The molecule has 1 fully saturated rings. The maximum Gasteiger partial charge on any atom is 0.258 e. The number of nitrogens with one attached hydrogen (secondary N) is 1. The number of aromatic nitrogens is 3. The Balaban J connectivity index is 1.31. The number of rotatable bonds is 6. The summed E-state index contributed by atoms with van der Waals surface area (Å²) in [5, 5.41) is 13.0. The van der Waals surface area contributed by atoms with Gasteiger partial charge < -0.3 is 14.6 Å². The number of amides is 1. The Morgan fingerprint density at radius 2 is 2.04 bits per heavy atom. The first kappa shape index (κ1) is 14.7. The fourth-order valence-electron chi connectivity index (χ4n) is 2.69. The average Bonchev–Trinajstić information content (AvgIpc) is 3.36. The van der Waals surface area contributed by atoms with E-state index in [1.54, 1.807) is 6.33 Å². The van der Waals surface area contributed by atoms with Gasteiger partial charge in [0.15, 0.2) is 12.4 Å². The van der Waals surface area contributed by atoms with Crippen molar-refractivity contribution in [3.05, 3.63) is 54.6 Å². The van der Waals surface area contributed by atoms with Crippen molar-refractivity contribution in [3.8, 4) is 5.75 Å². The van der Waals surface area contributed by atoms with Crippen molar-refractivity contribution in [1.29, 1.82) is 0 Å². The summed E-state index contributed by atoms with van der Waals surface area (Å²) in [6.07, 6.45) is 4.04. The molecule has 1 heterocycles. The van der Waals surface area contributed by atoms with Crippen LogP contribution in [0.4, 0.5) is 0 Å². The summed E-state index contributed by atoms with van der Waals surface area (Å²) in [7, 11) is 0. The number of carbonyl (C=O) groups is 1. The van der Waals surface area contributed by atoms with Crippen LogP contribution in [0, 0.1) is 0 Å². The van der Waals surface area contributed by atoms with Gasteiger partial charge in [0.25, 0.3) is 5.91 Å². The number of ether oxygens (including phenoxy) is 1.